The third kappa shape index (κ3) is 0.856. The Balaban J connectivity index is 2.30. The zero-order valence-electron chi connectivity index (χ0n) is 5.75. The van der Waals surface area contributed by atoms with E-state index in [9.17, 15) is 0 Å². The second kappa shape index (κ2) is 2.29. The van der Waals surface area contributed by atoms with Gasteiger partial charge in [0.25, 0.3) is 0 Å². The van der Waals surface area contributed by atoms with Gasteiger partial charge in [-0.25, -0.2) is 0 Å². The topological polar surface area (TPSA) is 26.5 Å². The van der Waals surface area contributed by atoms with Gasteiger partial charge in [-0.15, -0.1) is 0 Å². The number of hydrogen-bond donors (Lipinski definition) is 0. The molecule has 0 unspecified atom stereocenters. The lowest BCUT2D eigenvalue weighted by molar-refractivity contribution is 0.833. The number of rotatable bonds is 0. The van der Waals surface area contributed by atoms with Gasteiger partial charge in [-0.1, -0.05) is 12.2 Å². The van der Waals surface area contributed by atoms with Crippen molar-refractivity contribution in [1.29, 1.82) is 0 Å². The minimum atomic E-state index is 0.632. The highest BCUT2D eigenvalue weighted by atomic mass is 15.0. The van der Waals surface area contributed by atoms with Gasteiger partial charge in [-0.2, -0.15) is 0 Å². The molecule has 2 nitrogen and oxygen atoms in total. The van der Waals surface area contributed by atoms with Crippen LogP contribution in [-0.2, 0) is 0 Å². The highest BCUT2D eigenvalue weighted by molar-refractivity contribution is 6.02. The van der Waals surface area contributed by atoms with Crippen LogP contribution < -0.4 is 5.32 Å². The molecule has 0 bridgehead atoms. The molecular formula is C8H9N2. The van der Waals surface area contributed by atoms with E-state index in [0.29, 0.717) is 6.67 Å². The predicted octanol–water partition coefficient (Wildman–Crippen LogP) is 1.24. The lowest BCUT2D eigenvalue weighted by Gasteiger charge is -2.15. The minimum Gasteiger partial charge on any atom is -0.269 e. The van der Waals surface area contributed by atoms with E-state index in [0.717, 1.165) is 12.8 Å². The highest BCUT2D eigenvalue weighted by Crippen LogP contribution is 2.16. The summed E-state index contributed by atoms with van der Waals surface area (Å²) >= 11 is 0. The fraction of sp³-hybridized carbons (Fsp3) is 0.375. The molecule has 0 aromatic carbocycles. The van der Waals surface area contributed by atoms with E-state index in [-0.39, 0.29) is 0 Å². The van der Waals surface area contributed by atoms with Crippen LogP contribution in [0.15, 0.2) is 28.9 Å². The molecule has 0 aromatic heterocycles. The van der Waals surface area contributed by atoms with Crippen LogP contribution in [0.3, 0.4) is 0 Å². The predicted molar refractivity (Wildman–Crippen MR) is 40.9 cm³/mol. The zero-order chi connectivity index (χ0) is 6.81. The molecule has 0 atom stereocenters. The molecule has 2 heteroatoms. The van der Waals surface area contributed by atoms with E-state index in [2.05, 4.69) is 22.5 Å². The number of nitrogens with zero attached hydrogens (tertiary/aromatic N) is 2. The molecule has 0 aromatic rings. The van der Waals surface area contributed by atoms with Gasteiger partial charge in [0.15, 0.2) is 0 Å². The summed E-state index contributed by atoms with van der Waals surface area (Å²) in [6.45, 7) is 0.632. The van der Waals surface area contributed by atoms with Crippen molar-refractivity contribution in [2.75, 3.05) is 6.67 Å². The summed E-state index contributed by atoms with van der Waals surface area (Å²) in [6, 6.07) is 0. The molecule has 1 radical (unpaired) electrons. The molecule has 1 heterocycles. The molecule has 1 aliphatic heterocycles. The lowest BCUT2D eigenvalue weighted by atomic mass is 9.99. The Hall–Kier alpha value is -1.05. The van der Waals surface area contributed by atoms with Crippen LogP contribution in [0, 0.1) is 0 Å². The summed E-state index contributed by atoms with van der Waals surface area (Å²) in [7, 11) is 0. The van der Waals surface area contributed by atoms with E-state index in [1.165, 1.54) is 11.3 Å². The summed E-state index contributed by atoms with van der Waals surface area (Å²) in [5, 5.41) is 4.08. The fourth-order valence-corrected chi connectivity index (χ4v) is 1.22. The van der Waals surface area contributed by atoms with Crippen LogP contribution in [0.2, 0.25) is 0 Å². The van der Waals surface area contributed by atoms with Gasteiger partial charge in [-0.05, 0) is 12.0 Å². The first-order valence-electron chi connectivity index (χ1n) is 3.51. The molecule has 0 spiro atoms. The van der Waals surface area contributed by atoms with Crippen LogP contribution in [-0.4, -0.2) is 12.4 Å². The summed E-state index contributed by atoms with van der Waals surface area (Å²) in [5.41, 5.74) is 2.53. The average molecular weight is 133 g/mol. The van der Waals surface area contributed by atoms with E-state index < -0.39 is 0 Å². The van der Waals surface area contributed by atoms with Gasteiger partial charge in [0.05, 0.1) is 0 Å². The Morgan fingerprint density at radius 1 is 1.20 bits per heavy atom. The van der Waals surface area contributed by atoms with E-state index in [1.807, 2.05) is 6.20 Å². The molecule has 0 saturated heterocycles. The normalized spacial score (nSPS) is 22.4. The zero-order valence-corrected chi connectivity index (χ0v) is 5.75. The van der Waals surface area contributed by atoms with Crippen LogP contribution in [0.1, 0.15) is 12.8 Å². The van der Waals surface area contributed by atoms with Crippen LogP contribution in [0.25, 0.3) is 0 Å². The van der Waals surface area contributed by atoms with Crippen molar-refractivity contribution >= 4 is 5.71 Å². The SMILES string of the molecule is C1=CCC2=NC[N]C=C2C1. The third-order valence-electron chi connectivity index (χ3n) is 1.78. The first kappa shape index (κ1) is 5.71. The number of fused-ring (bicyclic) bond motifs is 1. The summed E-state index contributed by atoms with van der Waals surface area (Å²) in [6.07, 6.45) is 8.31. The molecule has 0 fully saturated rings. The molecule has 2 aliphatic rings. The fourth-order valence-electron chi connectivity index (χ4n) is 1.22. The van der Waals surface area contributed by atoms with Crippen molar-refractivity contribution in [3.63, 3.8) is 0 Å². The maximum atomic E-state index is 4.28. The maximum Gasteiger partial charge on any atom is 0.129 e. The molecule has 51 valence electrons. The van der Waals surface area contributed by atoms with Crippen LogP contribution in [0.4, 0.5) is 0 Å². The second-order valence-corrected chi connectivity index (χ2v) is 2.46. The smallest absolute Gasteiger partial charge is 0.129 e. The number of allylic oxidation sites excluding steroid dienone is 3. The van der Waals surface area contributed by atoms with Crippen molar-refractivity contribution in [1.82, 2.24) is 5.32 Å². The summed E-state index contributed by atoms with van der Waals surface area (Å²) in [5.74, 6) is 0. The molecule has 0 amide bonds. The molecular weight excluding hydrogens is 124 g/mol. The number of aliphatic imine (C=N–C) groups is 1. The highest BCUT2D eigenvalue weighted by Gasteiger charge is 2.10. The molecule has 0 N–H and O–H groups in total. The van der Waals surface area contributed by atoms with Crippen LogP contribution >= 0.6 is 0 Å². The Morgan fingerprint density at radius 3 is 3.00 bits per heavy atom. The van der Waals surface area contributed by atoms with Gasteiger partial charge >= 0.3 is 0 Å². The van der Waals surface area contributed by atoms with Gasteiger partial charge in [0.1, 0.15) is 6.67 Å². The Kier molecular flexibility index (Phi) is 1.31. The van der Waals surface area contributed by atoms with Crippen molar-refractivity contribution in [2.24, 2.45) is 4.99 Å². The van der Waals surface area contributed by atoms with Gasteiger partial charge in [0, 0.05) is 18.3 Å². The quantitative estimate of drug-likeness (QED) is 0.444. The maximum absolute atomic E-state index is 4.28. The minimum absolute atomic E-state index is 0.632. The second-order valence-electron chi connectivity index (χ2n) is 2.46. The summed E-state index contributed by atoms with van der Waals surface area (Å²) in [4.78, 5) is 4.28. The first-order valence-corrected chi connectivity index (χ1v) is 3.51. The molecule has 0 saturated carbocycles. The largest absolute Gasteiger partial charge is 0.269 e. The van der Waals surface area contributed by atoms with E-state index >= 15 is 0 Å². The van der Waals surface area contributed by atoms with Gasteiger partial charge in [0.2, 0.25) is 0 Å². The first-order chi connectivity index (χ1) is 4.97. The summed E-state index contributed by atoms with van der Waals surface area (Å²) < 4.78 is 0. The van der Waals surface area contributed by atoms with E-state index in [4.69, 9.17) is 0 Å². The average Bonchev–Trinajstić information content (AvgIpc) is 2.05. The van der Waals surface area contributed by atoms with Crippen molar-refractivity contribution in [2.45, 2.75) is 12.8 Å². The number of hydrogen-bond acceptors (Lipinski definition) is 1. The van der Waals surface area contributed by atoms with E-state index in [1.54, 1.807) is 0 Å². The van der Waals surface area contributed by atoms with Crippen molar-refractivity contribution < 1.29 is 0 Å². The molecule has 1 aliphatic carbocycles. The van der Waals surface area contributed by atoms with Gasteiger partial charge < -0.3 is 0 Å². The van der Waals surface area contributed by atoms with Crippen molar-refractivity contribution in [3.8, 4) is 0 Å². The van der Waals surface area contributed by atoms with Crippen molar-refractivity contribution in [3.05, 3.63) is 23.9 Å². The molecule has 2 rings (SSSR count). The van der Waals surface area contributed by atoms with Crippen LogP contribution in [0.5, 0.6) is 0 Å². The standard InChI is InChI=1S/C8H9N2/c1-2-4-8-7(3-1)5-9-6-10-8/h1-2,5H,3-4,6H2. The third-order valence-corrected chi connectivity index (χ3v) is 1.78. The Bertz CT molecular complexity index is 199. The molecule has 10 heavy (non-hydrogen) atoms. The Labute approximate surface area is 60.3 Å². The van der Waals surface area contributed by atoms with Gasteiger partial charge in [-0.3, -0.25) is 10.3 Å². The monoisotopic (exact) mass is 133 g/mol. The Morgan fingerprint density at radius 2 is 2.10 bits per heavy atom. The lowest BCUT2D eigenvalue weighted by Crippen LogP contribution is -2.15.